The zero-order valence-corrected chi connectivity index (χ0v) is 25.1. The highest BCUT2D eigenvalue weighted by Gasteiger charge is 2.23. The summed E-state index contributed by atoms with van der Waals surface area (Å²) in [6.45, 7) is 0. The van der Waals surface area contributed by atoms with Gasteiger partial charge in [-0.3, -0.25) is 0 Å². The van der Waals surface area contributed by atoms with Gasteiger partial charge in [0, 0.05) is 26.4 Å². The molecule has 0 atom stereocenters. The van der Waals surface area contributed by atoms with Crippen molar-refractivity contribution < 1.29 is 9.15 Å². The number of furan rings is 1. The number of anilines is 2. The largest absolute Gasteiger partial charge is 0.456 e. The van der Waals surface area contributed by atoms with Gasteiger partial charge in [0.2, 0.25) is 0 Å². The third-order valence-electron chi connectivity index (χ3n) is 8.56. The molecule has 0 bridgehead atoms. The normalized spacial score (nSPS) is 12.1. The molecule has 0 fully saturated rings. The Labute approximate surface area is 262 Å². The first-order valence-corrected chi connectivity index (χ1v) is 15.4. The van der Waals surface area contributed by atoms with Gasteiger partial charge in [-0.05, 0) is 75.5 Å². The van der Waals surface area contributed by atoms with Gasteiger partial charge >= 0.3 is 0 Å². The minimum Gasteiger partial charge on any atom is -0.456 e. The molecular formula is C40H24BrNO2. The van der Waals surface area contributed by atoms with Gasteiger partial charge in [0.05, 0.1) is 11.4 Å². The Morgan fingerprint density at radius 3 is 2.07 bits per heavy atom. The van der Waals surface area contributed by atoms with Crippen LogP contribution in [0.15, 0.2) is 148 Å². The molecule has 4 heteroatoms. The summed E-state index contributed by atoms with van der Waals surface area (Å²) in [5.41, 5.74) is 10.6. The molecule has 208 valence electrons. The van der Waals surface area contributed by atoms with Gasteiger partial charge in [-0.1, -0.05) is 113 Å². The van der Waals surface area contributed by atoms with E-state index in [0.29, 0.717) is 0 Å². The summed E-state index contributed by atoms with van der Waals surface area (Å²) >= 11 is 4.03. The number of hydrogen-bond donors (Lipinski definition) is 1. The number of fused-ring (bicyclic) bond motifs is 6. The summed E-state index contributed by atoms with van der Waals surface area (Å²) in [4.78, 5) is 0. The van der Waals surface area contributed by atoms with E-state index in [1.165, 1.54) is 16.3 Å². The number of rotatable bonds is 3. The number of para-hydroxylation sites is 4. The molecule has 0 radical (unpaired) electrons. The molecule has 0 saturated carbocycles. The second-order valence-electron chi connectivity index (χ2n) is 11.1. The maximum Gasteiger partial charge on any atom is 0.151 e. The third kappa shape index (κ3) is 3.88. The molecule has 0 unspecified atom stereocenters. The van der Waals surface area contributed by atoms with E-state index in [0.717, 1.165) is 77.1 Å². The first kappa shape index (κ1) is 25.2. The lowest BCUT2D eigenvalue weighted by atomic mass is 9.88. The quantitative estimate of drug-likeness (QED) is 0.211. The Morgan fingerprint density at radius 1 is 0.477 bits per heavy atom. The molecule has 1 aliphatic rings. The lowest BCUT2D eigenvalue weighted by molar-refractivity contribution is 0.481. The minimum absolute atomic E-state index is 0.817. The second kappa shape index (κ2) is 9.87. The highest BCUT2D eigenvalue weighted by molar-refractivity contribution is 9.10. The van der Waals surface area contributed by atoms with E-state index in [1.54, 1.807) is 0 Å². The first-order chi connectivity index (χ1) is 21.7. The third-order valence-corrected chi connectivity index (χ3v) is 9.19. The highest BCUT2D eigenvalue weighted by Crippen LogP contribution is 2.50. The van der Waals surface area contributed by atoms with Crippen LogP contribution in [0.1, 0.15) is 0 Å². The first-order valence-electron chi connectivity index (χ1n) is 14.6. The van der Waals surface area contributed by atoms with Gasteiger partial charge in [0.25, 0.3) is 0 Å². The van der Waals surface area contributed by atoms with Crippen molar-refractivity contribution in [1.82, 2.24) is 0 Å². The SMILES string of the molecule is Brc1cc(-c2ccc3oc4ccccc4c3c2)c2ccccc2c1-c1ccccc1-c1cccc2c1Nc1ccccc1O2. The van der Waals surface area contributed by atoms with Crippen molar-refractivity contribution in [3.63, 3.8) is 0 Å². The van der Waals surface area contributed by atoms with Crippen molar-refractivity contribution in [3.05, 3.63) is 144 Å². The Balaban J connectivity index is 1.24. The van der Waals surface area contributed by atoms with Crippen molar-refractivity contribution in [2.45, 2.75) is 0 Å². The summed E-state index contributed by atoms with van der Waals surface area (Å²) in [5.74, 6) is 1.65. The summed E-state index contributed by atoms with van der Waals surface area (Å²) in [6.07, 6.45) is 0. The fourth-order valence-corrected chi connectivity index (χ4v) is 7.22. The topological polar surface area (TPSA) is 34.4 Å². The average Bonchev–Trinajstić information content (AvgIpc) is 3.45. The van der Waals surface area contributed by atoms with Crippen LogP contribution in [0.2, 0.25) is 0 Å². The van der Waals surface area contributed by atoms with Crippen LogP contribution >= 0.6 is 15.9 Å². The number of hydrogen-bond acceptors (Lipinski definition) is 3. The van der Waals surface area contributed by atoms with Crippen molar-refractivity contribution in [2.75, 3.05) is 5.32 Å². The maximum absolute atomic E-state index is 6.32. The van der Waals surface area contributed by atoms with Crippen LogP contribution in [0.3, 0.4) is 0 Å². The lowest BCUT2D eigenvalue weighted by Gasteiger charge is -2.25. The summed E-state index contributed by atoms with van der Waals surface area (Å²) in [5, 5.41) is 8.28. The predicted molar refractivity (Wildman–Crippen MR) is 185 cm³/mol. The van der Waals surface area contributed by atoms with Gasteiger partial charge in [-0.25, -0.2) is 0 Å². The van der Waals surface area contributed by atoms with Crippen molar-refractivity contribution >= 4 is 60.0 Å². The molecule has 0 aliphatic carbocycles. The van der Waals surface area contributed by atoms with Gasteiger partial charge in [0.1, 0.15) is 11.2 Å². The predicted octanol–water partition coefficient (Wildman–Crippen LogP) is 12.4. The van der Waals surface area contributed by atoms with E-state index >= 15 is 0 Å². The number of ether oxygens (including phenoxy) is 1. The second-order valence-corrected chi connectivity index (χ2v) is 11.9. The minimum atomic E-state index is 0.817. The Morgan fingerprint density at radius 2 is 1.16 bits per heavy atom. The zero-order chi connectivity index (χ0) is 29.2. The van der Waals surface area contributed by atoms with Crippen LogP contribution in [0, 0.1) is 0 Å². The monoisotopic (exact) mass is 629 g/mol. The van der Waals surface area contributed by atoms with Crippen LogP contribution < -0.4 is 10.1 Å². The molecule has 3 nitrogen and oxygen atoms in total. The standard InChI is InChI=1S/C40H24BrNO2/c41-33-23-31(24-20-21-36-32(22-24)27-12-5-7-17-35(27)43-36)26-11-2-4-14-29(26)39(33)28-13-3-1-10-25(28)30-15-9-19-38-40(30)42-34-16-6-8-18-37(34)44-38/h1-23,42H. The summed E-state index contributed by atoms with van der Waals surface area (Å²) in [7, 11) is 0. The Bertz CT molecular complexity index is 2420. The van der Waals surface area contributed by atoms with Crippen LogP contribution in [-0.4, -0.2) is 0 Å². The molecule has 0 spiro atoms. The fraction of sp³-hybridized carbons (Fsp3) is 0. The van der Waals surface area contributed by atoms with Gasteiger partial charge in [-0.15, -0.1) is 0 Å². The molecule has 7 aromatic carbocycles. The molecule has 2 heterocycles. The fourth-order valence-electron chi connectivity index (χ4n) is 6.57. The van der Waals surface area contributed by atoms with E-state index in [9.17, 15) is 0 Å². The van der Waals surface area contributed by atoms with Crippen LogP contribution in [0.25, 0.3) is 66.1 Å². The van der Waals surface area contributed by atoms with Crippen molar-refractivity contribution in [1.29, 1.82) is 0 Å². The highest BCUT2D eigenvalue weighted by atomic mass is 79.9. The molecule has 44 heavy (non-hydrogen) atoms. The van der Waals surface area contributed by atoms with Gasteiger partial charge < -0.3 is 14.5 Å². The lowest BCUT2D eigenvalue weighted by Crippen LogP contribution is -2.04. The van der Waals surface area contributed by atoms with Crippen LogP contribution in [0.5, 0.6) is 11.5 Å². The van der Waals surface area contributed by atoms with Crippen LogP contribution in [0.4, 0.5) is 11.4 Å². The van der Waals surface area contributed by atoms with Crippen molar-refractivity contribution in [2.24, 2.45) is 0 Å². The molecule has 8 aromatic rings. The molecule has 0 amide bonds. The number of benzene rings is 7. The number of nitrogens with one attached hydrogen (secondary N) is 1. The number of halogens is 1. The molecule has 0 saturated heterocycles. The van der Waals surface area contributed by atoms with Gasteiger partial charge in [0.15, 0.2) is 11.5 Å². The zero-order valence-electron chi connectivity index (χ0n) is 23.5. The Kier molecular flexibility index (Phi) is 5.65. The molecule has 9 rings (SSSR count). The molecular weight excluding hydrogens is 606 g/mol. The maximum atomic E-state index is 6.32. The van der Waals surface area contributed by atoms with E-state index in [4.69, 9.17) is 9.15 Å². The smallest absolute Gasteiger partial charge is 0.151 e. The van der Waals surface area contributed by atoms with E-state index in [2.05, 4.69) is 118 Å². The summed E-state index contributed by atoms with van der Waals surface area (Å²) in [6, 6.07) is 48.6. The van der Waals surface area contributed by atoms with E-state index in [1.807, 2.05) is 42.5 Å². The average molecular weight is 631 g/mol. The summed E-state index contributed by atoms with van der Waals surface area (Å²) < 4.78 is 13.5. The van der Waals surface area contributed by atoms with Crippen molar-refractivity contribution in [3.8, 4) is 44.9 Å². The molecule has 1 aliphatic heterocycles. The van der Waals surface area contributed by atoms with E-state index < -0.39 is 0 Å². The Hall–Kier alpha value is -5.32. The molecule has 1 N–H and O–H groups in total. The van der Waals surface area contributed by atoms with Crippen LogP contribution in [-0.2, 0) is 0 Å². The van der Waals surface area contributed by atoms with Gasteiger partial charge in [-0.2, -0.15) is 0 Å². The van der Waals surface area contributed by atoms with E-state index in [-0.39, 0.29) is 0 Å². The molecule has 1 aromatic heterocycles.